The van der Waals surface area contributed by atoms with Crippen LogP contribution in [0, 0.1) is 17.2 Å². The molecule has 4 nitrogen and oxygen atoms in total. The number of halogens is 1. The van der Waals surface area contributed by atoms with Gasteiger partial charge in [0.2, 0.25) is 5.91 Å². The second kappa shape index (κ2) is 7.75. The van der Waals surface area contributed by atoms with Gasteiger partial charge in [0.1, 0.15) is 6.04 Å². The molecule has 5 heteroatoms. The molecule has 0 bridgehead atoms. The highest BCUT2D eigenvalue weighted by molar-refractivity contribution is 9.10. The zero-order valence-corrected chi connectivity index (χ0v) is 14.7. The highest BCUT2D eigenvalue weighted by atomic mass is 79.9. The summed E-state index contributed by atoms with van der Waals surface area (Å²) in [6.07, 6.45) is 0.604. The van der Waals surface area contributed by atoms with Gasteiger partial charge in [-0.15, -0.1) is 0 Å². The molecule has 1 aromatic rings. The summed E-state index contributed by atoms with van der Waals surface area (Å²) in [5.74, 6) is 0.615. The van der Waals surface area contributed by atoms with Gasteiger partial charge in [-0.2, -0.15) is 5.26 Å². The highest BCUT2D eigenvalue weighted by Crippen LogP contribution is 2.24. The fourth-order valence-electron chi connectivity index (χ4n) is 2.75. The fraction of sp³-hybridized carbons (Fsp3) is 0.529. The molecule has 0 saturated carbocycles. The van der Waals surface area contributed by atoms with Gasteiger partial charge < -0.3 is 4.90 Å². The molecule has 1 aromatic carbocycles. The molecule has 1 aliphatic rings. The third-order valence-corrected chi connectivity index (χ3v) is 4.39. The number of nitriles is 1. The molecular weight excluding hydrogens is 342 g/mol. The second-order valence-corrected chi connectivity index (χ2v) is 7.02. The lowest BCUT2D eigenvalue weighted by molar-refractivity contribution is -0.133. The lowest BCUT2D eigenvalue weighted by Crippen LogP contribution is -2.49. The quantitative estimate of drug-likeness (QED) is 0.824. The third kappa shape index (κ3) is 4.31. The van der Waals surface area contributed by atoms with Crippen molar-refractivity contribution < 1.29 is 4.79 Å². The molecule has 1 heterocycles. The van der Waals surface area contributed by atoms with Crippen LogP contribution >= 0.6 is 15.9 Å². The van der Waals surface area contributed by atoms with Crippen molar-refractivity contribution in [3.8, 4) is 6.07 Å². The van der Waals surface area contributed by atoms with E-state index in [0.717, 1.165) is 23.1 Å². The van der Waals surface area contributed by atoms with E-state index in [1.807, 2.05) is 29.2 Å². The molecule has 1 fully saturated rings. The maximum absolute atomic E-state index is 12.1. The van der Waals surface area contributed by atoms with E-state index in [9.17, 15) is 10.1 Å². The van der Waals surface area contributed by atoms with Gasteiger partial charge >= 0.3 is 0 Å². The first-order valence-electron chi connectivity index (χ1n) is 7.68. The highest BCUT2D eigenvalue weighted by Gasteiger charge is 2.27. The van der Waals surface area contributed by atoms with E-state index < -0.39 is 0 Å². The van der Waals surface area contributed by atoms with Gasteiger partial charge in [0.05, 0.1) is 6.07 Å². The normalized spacial score (nSPS) is 17.3. The van der Waals surface area contributed by atoms with Crippen LogP contribution < -0.4 is 0 Å². The van der Waals surface area contributed by atoms with Gasteiger partial charge in [0.25, 0.3) is 0 Å². The summed E-state index contributed by atoms with van der Waals surface area (Å²) in [6, 6.07) is 10.0. The fourth-order valence-corrected chi connectivity index (χ4v) is 3.17. The van der Waals surface area contributed by atoms with Crippen LogP contribution in [0.3, 0.4) is 0 Å². The number of benzene rings is 1. The van der Waals surface area contributed by atoms with E-state index in [1.54, 1.807) is 0 Å². The Labute approximate surface area is 140 Å². The first-order chi connectivity index (χ1) is 10.5. The molecule has 1 saturated heterocycles. The average Bonchev–Trinajstić information content (AvgIpc) is 2.48. The predicted octanol–water partition coefficient (Wildman–Crippen LogP) is 3.20. The van der Waals surface area contributed by atoms with E-state index in [1.165, 1.54) is 0 Å². The van der Waals surface area contributed by atoms with Gasteiger partial charge in [-0.25, -0.2) is 0 Å². The number of hydrogen-bond acceptors (Lipinski definition) is 3. The summed E-state index contributed by atoms with van der Waals surface area (Å²) in [5, 5.41) is 9.53. The maximum Gasteiger partial charge on any atom is 0.222 e. The summed E-state index contributed by atoms with van der Waals surface area (Å²) in [7, 11) is 0. The van der Waals surface area contributed by atoms with Crippen molar-refractivity contribution in [3.05, 3.63) is 34.3 Å². The van der Waals surface area contributed by atoms with Crippen LogP contribution in [0.4, 0.5) is 0 Å². The van der Waals surface area contributed by atoms with Crippen LogP contribution in [0.2, 0.25) is 0 Å². The average molecular weight is 364 g/mol. The molecule has 118 valence electrons. The number of rotatable bonds is 4. The Hall–Kier alpha value is -1.38. The van der Waals surface area contributed by atoms with Crippen molar-refractivity contribution >= 4 is 21.8 Å². The van der Waals surface area contributed by atoms with Crippen molar-refractivity contribution in [1.82, 2.24) is 9.80 Å². The smallest absolute Gasteiger partial charge is 0.222 e. The van der Waals surface area contributed by atoms with Crippen molar-refractivity contribution in [3.63, 3.8) is 0 Å². The van der Waals surface area contributed by atoms with Crippen LogP contribution in [0.15, 0.2) is 28.7 Å². The Morgan fingerprint density at radius 3 is 2.55 bits per heavy atom. The van der Waals surface area contributed by atoms with Gasteiger partial charge in [-0.1, -0.05) is 41.9 Å². The summed E-state index contributed by atoms with van der Waals surface area (Å²) in [5.41, 5.74) is 0.999. The molecular formula is C17H22BrN3O. The molecule has 0 aliphatic carbocycles. The maximum atomic E-state index is 12.1. The van der Waals surface area contributed by atoms with E-state index >= 15 is 0 Å². The minimum absolute atomic E-state index is 0.227. The molecule has 1 unspecified atom stereocenters. The SMILES string of the molecule is CC(C)CC(=O)N1CCN(C(C#N)c2cccc(Br)c2)CC1. The van der Waals surface area contributed by atoms with Crippen LogP contribution in [-0.2, 0) is 4.79 Å². The Bertz CT molecular complexity index is 559. The van der Waals surface area contributed by atoms with Crippen molar-refractivity contribution in [2.24, 2.45) is 5.92 Å². The molecule has 1 aliphatic heterocycles. The minimum atomic E-state index is -0.250. The molecule has 0 aromatic heterocycles. The first-order valence-corrected chi connectivity index (χ1v) is 8.47. The van der Waals surface area contributed by atoms with Crippen LogP contribution in [-0.4, -0.2) is 41.9 Å². The Morgan fingerprint density at radius 1 is 1.32 bits per heavy atom. The number of hydrogen-bond donors (Lipinski definition) is 0. The lowest BCUT2D eigenvalue weighted by Gasteiger charge is -2.37. The molecule has 1 amide bonds. The van der Waals surface area contributed by atoms with Crippen LogP contribution in [0.1, 0.15) is 31.9 Å². The number of amides is 1. The summed E-state index contributed by atoms with van der Waals surface area (Å²) < 4.78 is 0.982. The number of carbonyl (C=O) groups is 1. The Balaban J connectivity index is 1.98. The number of piperazine rings is 1. The van der Waals surface area contributed by atoms with E-state index in [4.69, 9.17) is 0 Å². The lowest BCUT2D eigenvalue weighted by atomic mass is 10.1. The summed E-state index contributed by atoms with van der Waals surface area (Å²) in [6.45, 7) is 7.03. The van der Waals surface area contributed by atoms with Gasteiger partial charge in [0, 0.05) is 37.1 Å². The monoisotopic (exact) mass is 363 g/mol. The van der Waals surface area contributed by atoms with Crippen LogP contribution in [0.5, 0.6) is 0 Å². The standard InChI is InChI=1S/C17H22BrN3O/c1-13(2)10-17(22)21-8-6-20(7-9-21)16(12-19)14-4-3-5-15(18)11-14/h3-5,11,13,16H,6-10H2,1-2H3. The topological polar surface area (TPSA) is 47.3 Å². The van der Waals surface area contributed by atoms with E-state index in [2.05, 4.69) is 40.7 Å². The number of carbonyl (C=O) groups excluding carboxylic acids is 1. The Morgan fingerprint density at radius 2 is 2.00 bits per heavy atom. The minimum Gasteiger partial charge on any atom is -0.340 e. The zero-order valence-electron chi connectivity index (χ0n) is 13.1. The van der Waals surface area contributed by atoms with Crippen molar-refractivity contribution in [1.29, 1.82) is 5.26 Å². The molecule has 1 atom stereocenters. The molecule has 22 heavy (non-hydrogen) atoms. The molecule has 0 radical (unpaired) electrons. The summed E-state index contributed by atoms with van der Waals surface area (Å²) >= 11 is 3.45. The van der Waals surface area contributed by atoms with E-state index in [0.29, 0.717) is 25.4 Å². The third-order valence-electron chi connectivity index (χ3n) is 3.90. The molecule has 0 N–H and O–H groups in total. The van der Waals surface area contributed by atoms with Gasteiger partial charge in [0.15, 0.2) is 0 Å². The Kier molecular flexibility index (Phi) is 5.98. The molecule has 2 rings (SSSR count). The number of nitrogens with zero attached hydrogens (tertiary/aromatic N) is 3. The predicted molar refractivity (Wildman–Crippen MR) is 90.1 cm³/mol. The van der Waals surface area contributed by atoms with Gasteiger partial charge in [-0.05, 0) is 23.6 Å². The van der Waals surface area contributed by atoms with Crippen molar-refractivity contribution in [2.45, 2.75) is 26.3 Å². The van der Waals surface area contributed by atoms with Crippen LogP contribution in [0.25, 0.3) is 0 Å². The zero-order chi connectivity index (χ0) is 16.1. The second-order valence-electron chi connectivity index (χ2n) is 6.10. The van der Waals surface area contributed by atoms with Gasteiger partial charge in [-0.3, -0.25) is 9.69 Å². The van der Waals surface area contributed by atoms with Crippen molar-refractivity contribution in [2.75, 3.05) is 26.2 Å². The largest absolute Gasteiger partial charge is 0.340 e. The first kappa shape index (κ1) is 17.0. The molecule has 0 spiro atoms. The summed E-state index contributed by atoms with van der Waals surface area (Å²) in [4.78, 5) is 16.2. The van der Waals surface area contributed by atoms with E-state index in [-0.39, 0.29) is 11.9 Å².